The van der Waals surface area contributed by atoms with Crippen molar-refractivity contribution in [3.05, 3.63) is 53.3 Å². The Kier molecular flexibility index (Phi) is 4.99. The number of fused-ring (bicyclic) bond motifs is 1. The van der Waals surface area contributed by atoms with Crippen molar-refractivity contribution in [3.63, 3.8) is 0 Å². The van der Waals surface area contributed by atoms with E-state index in [1.165, 1.54) is 5.56 Å². The van der Waals surface area contributed by atoms with E-state index in [9.17, 15) is 4.79 Å². The Balaban J connectivity index is 1.63. The molecule has 1 aliphatic heterocycles. The van der Waals surface area contributed by atoms with Crippen LogP contribution in [0.15, 0.2) is 36.5 Å². The molecule has 1 aromatic carbocycles. The summed E-state index contributed by atoms with van der Waals surface area (Å²) in [6, 6.07) is 9.71. The Morgan fingerprint density at radius 2 is 2.25 bits per heavy atom. The molecule has 1 aromatic heterocycles. The van der Waals surface area contributed by atoms with Crippen LogP contribution in [0.1, 0.15) is 28.5 Å². The number of nitrogens with zero attached hydrogens (tertiary/aromatic N) is 1. The number of carbonyl (C=O) groups is 1. The van der Waals surface area contributed by atoms with Gasteiger partial charge in [0, 0.05) is 30.4 Å². The van der Waals surface area contributed by atoms with Crippen molar-refractivity contribution in [2.45, 2.75) is 19.8 Å². The number of ether oxygens (including phenoxy) is 2. The van der Waals surface area contributed by atoms with Crippen LogP contribution in [-0.2, 0) is 12.8 Å². The molecule has 0 radical (unpaired) electrons. The molecular weight excluding hydrogens is 304 g/mol. The molecule has 0 saturated carbocycles. The number of pyridine rings is 1. The van der Waals surface area contributed by atoms with E-state index in [0.29, 0.717) is 24.6 Å². The fraction of sp³-hybridized carbons (Fsp3) is 0.368. The minimum atomic E-state index is -0.0829. The summed E-state index contributed by atoms with van der Waals surface area (Å²) in [5.41, 5.74) is 2.78. The van der Waals surface area contributed by atoms with Crippen molar-refractivity contribution >= 4 is 5.91 Å². The van der Waals surface area contributed by atoms with E-state index in [2.05, 4.69) is 16.4 Å². The van der Waals surface area contributed by atoms with Gasteiger partial charge in [0.25, 0.3) is 5.91 Å². The number of hydrogen-bond acceptors (Lipinski definition) is 4. The van der Waals surface area contributed by atoms with Crippen LogP contribution in [0.2, 0.25) is 0 Å². The van der Waals surface area contributed by atoms with Gasteiger partial charge in [0.05, 0.1) is 19.3 Å². The Morgan fingerprint density at radius 1 is 1.38 bits per heavy atom. The highest BCUT2D eigenvalue weighted by Crippen LogP contribution is 2.31. The molecular formula is C19H22N2O3. The van der Waals surface area contributed by atoms with Crippen molar-refractivity contribution in [1.29, 1.82) is 0 Å². The topological polar surface area (TPSA) is 60.5 Å². The van der Waals surface area contributed by atoms with E-state index in [4.69, 9.17) is 9.47 Å². The molecule has 1 N–H and O–H groups in total. The third kappa shape index (κ3) is 3.67. The number of nitrogens with one attached hydrogen (secondary N) is 1. The van der Waals surface area contributed by atoms with Gasteiger partial charge in [-0.15, -0.1) is 0 Å². The van der Waals surface area contributed by atoms with Crippen molar-refractivity contribution in [2.24, 2.45) is 5.92 Å². The molecule has 5 heteroatoms. The Bertz CT molecular complexity index is 713. The third-order valence-corrected chi connectivity index (χ3v) is 4.18. The lowest BCUT2D eigenvalue weighted by molar-refractivity contribution is 0.0955. The zero-order valence-electron chi connectivity index (χ0n) is 14.0. The van der Waals surface area contributed by atoms with Crippen LogP contribution < -0.4 is 14.8 Å². The first kappa shape index (κ1) is 16.3. The highest BCUT2D eigenvalue weighted by Gasteiger charge is 2.21. The van der Waals surface area contributed by atoms with Crippen molar-refractivity contribution in [3.8, 4) is 11.5 Å². The van der Waals surface area contributed by atoms with Crippen molar-refractivity contribution in [2.75, 3.05) is 20.3 Å². The molecule has 0 bridgehead atoms. The summed E-state index contributed by atoms with van der Waals surface area (Å²) in [5.74, 6) is 2.02. The summed E-state index contributed by atoms with van der Waals surface area (Å²) in [4.78, 5) is 16.2. The zero-order valence-corrected chi connectivity index (χ0v) is 14.0. The maximum absolute atomic E-state index is 11.8. The molecule has 5 nitrogen and oxygen atoms in total. The van der Waals surface area contributed by atoms with Crippen molar-refractivity contribution in [1.82, 2.24) is 10.3 Å². The molecule has 0 aliphatic carbocycles. The molecule has 0 fully saturated rings. The van der Waals surface area contributed by atoms with Gasteiger partial charge >= 0.3 is 0 Å². The molecule has 0 saturated heterocycles. The maximum Gasteiger partial charge on any atom is 0.252 e. The Morgan fingerprint density at radius 3 is 2.96 bits per heavy atom. The van der Waals surface area contributed by atoms with E-state index in [1.54, 1.807) is 13.3 Å². The van der Waals surface area contributed by atoms with Crippen LogP contribution in [0.3, 0.4) is 0 Å². The smallest absolute Gasteiger partial charge is 0.252 e. The molecule has 3 rings (SSSR count). The number of aromatic nitrogens is 1. The van der Waals surface area contributed by atoms with Crippen LogP contribution in [-0.4, -0.2) is 31.2 Å². The van der Waals surface area contributed by atoms with Gasteiger partial charge in [0.15, 0.2) is 0 Å². The zero-order chi connectivity index (χ0) is 16.9. The van der Waals surface area contributed by atoms with Gasteiger partial charge in [-0.05, 0) is 43.5 Å². The second kappa shape index (κ2) is 7.34. The number of amides is 1. The standard InChI is InChI=1S/C19H22N2O3/c1-3-20-19(22)15-4-6-16(21-11-15)9-13-8-14-5-7-17(23-2)10-18(14)24-12-13/h4-7,10-11,13H,3,8-9,12H2,1-2H3,(H,20,22)/t13-/m0/s1. The highest BCUT2D eigenvalue weighted by atomic mass is 16.5. The molecule has 1 aliphatic rings. The van der Waals surface area contributed by atoms with Crippen molar-refractivity contribution < 1.29 is 14.3 Å². The molecule has 1 atom stereocenters. The van der Waals surface area contributed by atoms with Gasteiger partial charge in [-0.1, -0.05) is 6.07 Å². The van der Waals surface area contributed by atoms with E-state index in [1.807, 2.05) is 31.2 Å². The largest absolute Gasteiger partial charge is 0.497 e. The fourth-order valence-electron chi connectivity index (χ4n) is 2.91. The molecule has 0 spiro atoms. The minimum Gasteiger partial charge on any atom is -0.497 e. The maximum atomic E-state index is 11.8. The number of benzene rings is 1. The highest BCUT2D eigenvalue weighted by molar-refractivity contribution is 5.93. The number of carbonyl (C=O) groups excluding carboxylic acids is 1. The first-order valence-electron chi connectivity index (χ1n) is 8.22. The summed E-state index contributed by atoms with van der Waals surface area (Å²) in [6.07, 6.45) is 3.43. The second-order valence-electron chi connectivity index (χ2n) is 5.96. The lowest BCUT2D eigenvalue weighted by Crippen LogP contribution is -2.24. The van der Waals surface area contributed by atoms with Crippen LogP contribution >= 0.6 is 0 Å². The molecule has 1 amide bonds. The van der Waals surface area contributed by atoms with Crippen LogP contribution in [0.25, 0.3) is 0 Å². The lowest BCUT2D eigenvalue weighted by Gasteiger charge is -2.25. The average molecular weight is 326 g/mol. The lowest BCUT2D eigenvalue weighted by atomic mass is 9.92. The summed E-state index contributed by atoms with van der Waals surface area (Å²) in [5, 5.41) is 2.77. The number of rotatable bonds is 5. The van der Waals surface area contributed by atoms with Crippen LogP contribution in [0, 0.1) is 5.92 Å². The van der Waals surface area contributed by atoms with Crippen LogP contribution in [0.5, 0.6) is 11.5 Å². The second-order valence-corrected chi connectivity index (χ2v) is 5.96. The Labute approximate surface area is 142 Å². The summed E-state index contributed by atoms with van der Waals surface area (Å²) in [7, 11) is 1.66. The predicted molar refractivity (Wildman–Crippen MR) is 91.6 cm³/mol. The van der Waals surface area contributed by atoms with E-state index >= 15 is 0 Å². The normalized spacial score (nSPS) is 16.0. The molecule has 24 heavy (non-hydrogen) atoms. The average Bonchev–Trinajstić information content (AvgIpc) is 2.62. The molecule has 0 unspecified atom stereocenters. The predicted octanol–water partition coefficient (Wildman–Crippen LogP) is 2.63. The van der Waals surface area contributed by atoms with Gasteiger partial charge < -0.3 is 14.8 Å². The van der Waals surface area contributed by atoms with Crippen LogP contribution in [0.4, 0.5) is 0 Å². The number of hydrogen-bond donors (Lipinski definition) is 1. The monoisotopic (exact) mass is 326 g/mol. The van der Waals surface area contributed by atoms with Gasteiger partial charge in [0.2, 0.25) is 0 Å². The van der Waals surface area contributed by atoms with Gasteiger partial charge in [-0.2, -0.15) is 0 Å². The molecule has 2 aromatic rings. The summed E-state index contributed by atoms with van der Waals surface area (Å²) < 4.78 is 11.1. The first-order chi connectivity index (χ1) is 11.7. The fourth-order valence-corrected chi connectivity index (χ4v) is 2.91. The van der Waals surface area contributed by atoms with Gasteiger partial charge in [0.1, 0.15) is 11.5 Å². The summed E-state index contributed by atoms with van der Waals surface area (Å²) >= 11 is 0. The Hall–Kier alpha value is -2.56. The van der Waals surface area contributed by atoms with E-state index in [-0.39, 0.29) is 5.91 Å². The van der Waals surface area contributed by atoms with E-state index in [0.717, 1.165) is 30.0 Å². The van der Waals surface area contributed by atoms with Gasteiger partial charge in [-0.3, -0.25) is 9.78 Å². The molecule has 126 valence electrons. The third-order valence-electron chi connectivity index (χ3n) is 4.18. The number of methoxy groups -OCH3 is 1. The molecule has 2 heterocycles. The quantitative estimate of drug-likeness (QED) is 0.917. The first-order valence-corrected chi connectivity index (χ1v) is 8.22. The van der Waals surface area contributed by atoms with E-state index < -0.39 is 0 Å². The summed E-state index contributed by atoms with van der Waals surface area (Å²) in [6.45, 7) is 3.18. The SMILES string of the molecule is CCNC(=O)c1ccc(C[C@H]2COc3cc(OC)ccc3C2)nc1. The van der Waals surface area contributed by atoms with Gasteiger partial charge in [-0.25, -0.2) is 0 Å². The minimum absolute atomic E-state index is 0.0829.